The largest absolute Gasteiger partial charge is 0.755 e. The van der Waals surface area contributed by atoms with Crippen LogP contribution in [-0.2, 0) is 11.3 Å². The van der Waals surface area contributed by atoms with Crippen molar-refractivity contribution in [2.45, 2.75) is 0 Å². The van der Waals surface area contributed by atoms with Gasteiger partial charge < -0.3 is 14.0 Å². The lowest BCUT2D eigenvalue weighted by atomic mass is 10.1. The summed E-state index contributed by atoms with van der Waals surface area (Å²) in [6.45, 7) is 0.307. The van der Waals surface area contributed by atoms with E-state index in [1.54, 1.807) is 24.5 Å². The summed E-state index contributed by atoms with van der Waals surface area (Å²) in [5, 5.41) is 0. The molecule has 0 saturated heterocycles. The summed E-state index contributed by atoms with van der Waals surface area (Å²) in [5.74, 6) is 0.323. The van der Waals surface area contributed by atoms with Gasteiger partial charge in [-0.05, 0) is 33.6 Å². The zero-order valence-electron chi connectivity index (χ0n) is 14.0. The summed E-state index contributed by atoms with van der Waals surface area (Å²) in [6.07, 6.45) is 4.35. The van der Waals surface area contributed by atoms with E-state index in [1.165, 1.54) is 6.33 Å². The smallest absolute Gasteiger partial charge is 0.316 e. The Morgan fingerprint density at radius 1 is 0.964 bits per heavy atom. The molecule has 1 atom stereocenters. The molecule has 0 aliphatic rings. The van der Waals surface area contributed by atoms with Gasteiger partial charge in [-0.1, -0.05) is 28.1 Å². The van der Waals surface area contributed by atoms with Gasteiger partial charge in [0.05, 0.1) is 10.0 Å². The van der Waals surface area contributed by atoms with Crippen LogP contribution in [0.5, 0.6) is 11.9 Å². The first-order chi connectivity index (χ1) is 13.5. The number of rotatable bonds is 8. The lowest BCUT2D eigenvalue weighted by molar-refractivity contribution is 0.202. The van der Waals surface area contributed by atoms with E-state index in [2.05, 4.69) is 56.5 Å². The second-order valence-corrected chi connectivity index (χ2v) is 7.63. The van der Waals surface area contributed by atoms with Crippen molar-refractivity contribution in [1.29, 1.82) is 0 Å². The van der Waals surface area contributed by atoms with Crippen LogP contribution in [0.4, 0.5) is 5.82 Å². The summed E-state index contributed by atoms with van der Waals surface area (Å²) in [5.41, 5.74) is 1.10. The molecule has 3 rings (SSSR count). The molecule has 0 spiro atoms. The number of nitrogens with zero attached hydrogens (tertiary/aromatic N) is 4. The number of ether oxygens (including phenoxy) is 2. The van der Waals surface area contributed by atoms with Gasteiger partial charge in [-0.2, -0.15) is 0 Å². The molecule has 1 N–H and O–H groups in total. The van der Waals surface area contributed by atoms with E-state index >= 15 is 0 Å². The van der Waals surface area contributed by atoms with Crippen LogP contribution in [0.25, 0.3) is 11.1 Å². The first-order valence-electron chi connectivity index (χ1n) is 7.73. The lowest BCUT2D eigenvalue weighted by Crippen LogP contribution is -2.13. The van der Waals surface area contributed by atoms with E-state index in [1.807, 2.05) is 12.1 Å². The predicted octanol–water partition coefficient (Wildman–Crippen LogP) is 3.12. The molecule has 0 radical (unpaired) electrons. The Labute approximate surface area is 179 Å². The number of hydrogen-bond donors (Lipinski definition) is 1. The van der Waals surface area contributed by atoms with Gasteiger partial charge in [-0.15, -0.1) is 0 Å². The Morgan fingerprint density at radius 2 is 1.64 bits per heavy atom. The van der Waals surface area contributed by atoms with E-state index in [0.717, 1.165) is 8.95 Å². The molecule has 0 bridgehead atoms. The van der Waals surface area contributed by atoms with Gasteiger partial charge >= 0.3 is 6.01 Å². The van der Waals surface area contributed by atoms with E-state index in [-0.39, 0.29) is 30.9 Å². The zero-order valence-corrected chi connectivity index (χ0v) is 18.0. The summed E-state index contributed by atoms with van der Waals surface area (Å²) >= 11 is 4.06. The Hall–Kier alpha value is -2.15. The molecule has 1 unspecified atom stereocenters. The van der Waals surface area contributed by atoms with Crippen molar-refractivity contribution in [3.05, 3.63) is 51.9 Å². The highest BCUT2D eigenvalue weighted by Gasteiger charge is 2.15. The second-order valence-electron chi connectivity index (χ2n) is 5.13. The lowest BCUT2D eigenvalue weighted by Gasteiger charge is -2.16. The highest BCUT2D eigenvalue weighted by molar-refractivity contribution is 9.10. The first kappa shape index (κ1) is 20.6. The number of hydrogen-bond acceptors (Lipinski definition) is 8. The van der Waals surface area contributed by atoms with Gasteiger partial charge in [0, 0.05) is 28.1 Å². The Balaban J connectivity index is 1.76. The van der Waals surface area contributed by atoms with Crippen molar-refractivity contribution in [3.8, 4) is 23.0 Å². The molecule has 0 amide bonds. The molecule has 2 heterocycles. The molecule has 1 aromatic carbocycles. The van der Waals surface area contributed by atoms with Crippen LogP contribution < -0.4 is 14.2 Å². The molecule has 0 aliphatic heterocycles. The highest BCUT2D eigenvalue weighted by atomic mass is 79.9. The molecular weight excluding hydrogens is 518 g/mol. The minimum absolute atomic E-state index is 0.109. The zero-order chi connectivity index (χ0) is 19.9. The number of benzene rings is 1. The van der Waals surface area contributed by atoms with Gasteiger partial charge in [0.25, 0.3) is 0 Å². The van der Waals surface area contributed by atoms with Gasteiger partial charge in [0.2, 0.25) is 5.88 Å². The third-order valence-electron chi connectivity index (χ3n) is 3.28. The van der Waals surface area contributed by atoms with Gasteiger partial charge in [-0.25, -0.2) is 19.9 Å². The highest BCUT2D eigenvalue weighted by Crippen LogP contribution is 2.34. The average molecular weight is 530 g/mol. The number of aromatic nitrogens is 4. The number of anilines is 1. The van der Waals surface area contributed by atoms with E-state index in [0.29, 0.717) is 11.1 Å². The van der Waals surface area contributed by atoms with E-state index in [4.69, 9.17) is 9.47 Å². The number of halogens is 2. The Morgan fingerprint density at radius 3 is 2.32 bits per heavy atom. The van der Waals surface area contributed by atoms with E-state index in [9.17, 15) is 8.76 Å². The van der Waals surface area contributed by atoms with Crippen LogP contribution in [0.3, 0.4) is 0 Å². The van der Waals surface area contributed by atoms with Gasteiger partial charge in [-0.3, -0.25) is 8.93 Å². The molecule has 3 aromatic rings. The van der Waals surface area contributed by atoms with Crippen molar-refractivity contribution >= 4 is 48.9 Å². The number of nitrogens with one attached hydrogen (secondary N) is 1. The Bertz CT molecular complexity index is 960. The van der Waals surface area contributed by atoms with Gasteiger partial charge in [0.15, 0.2) is 5.82 Å². The monoisotopic (exact) mass is 528 g/mol. The third-order valence-corrected chi connectivity index (χ3v) is 4.57. The standard InChI is InChI=1S/C16H13Br2N5O4S/c17-11-3-1-10(2-4-11)13-14(23-28(24)25)21-9-22-15(13)26-5-6-27-16-19-7-12(18)8-20-16/h1-4,7-9H,5-6H2,(H,24,25)(H,21,22,23)/p-1. The van der Waals surface area contributed by atoms with Crippen molar-refractivity contribution in [2.24, 2.45) is 0 Å². The molecular formula is C16H12Br2N5O4S-. The van der Waals surface area contributed by atoms with Crippen LogP contribution >= 0.6 is 31.9 Å². The summed E-state index contributed by atoms with van der Waals surface area (Å²) < 4.78 is 37.2. The summed E-state index contributed by atoms with van der Waals surface area (Å²) in [6, 6.07) is 7.43. The topological polar surface area (TPSA) is 122 Å². The van der Waals surface area contributed by atoms with Crippen LogP contribution in [0.2, 0.25) is 0 Å². The molecule has 0 saturated carbocycles. The van der Waals surface area contributed by atoms with Crippen molar-refractivity contribution in [1.82, 2.24) is 19.9 Å². The maximum Gasteiger partial charge on any atom is 0.316 e. The molecule has 0 aliphatic carbocycles. The molecule has 0 fully saturated rings. The normalized spacial score (nSPS) is 11.7. The van der Waals surface area contributed by atoms with Crippen LogP contribution in [0.1, 0.15) is 0 Å². The average Bonchev–Trinajstić information content (AvgIpc) is 2.67. The van der Waals surface area contributed by atoms with Crippen LogP contribution in [-0.4, -0.2) is 41.9 Å². The summed E-state index contributed by atoms with van der Waals surface area (Å²) in [4.78, 5) is 16.1. The van der Waals surface area contributed by atoms with E-state index < -0.39 is 11.3 Å². The molecule has 146 valence electrons. The van der Waals surface area contributed by atoms with Gasteiger partial charge in [0.1, 0.15) is 19.5 Å². The quantitative estimate of drug-likeness (QED) is 0.349. The minimum atomic E-state index is -2.55. The SMILES string of the molecule is O=S([O-])Nc1ncnc(OCCOc2ncc(Br)cn2)c1-c1ccc(Br)cc1. The fourth-order valence-corrected chi connectivity index (χ4v) is 2.94. The predicted molar refractivity (Wildman–Crippen MR) is 108 cm³/mol. The molecule has 12 heteroatoms. The maximum absolute atomic E-state index is 11.1. The fraction of sp³-hybridized carbons (Fsp3) is 0.125. The van der Waals surface area contributed by atoms with Crippen molar-refractivity contribution < 1.29 is 18.2 Å². The summed E-state index contributed by atoms with van der Waals surface area (Å²) in [7, 11) is 0. The maximum atomic E-state index is 11.1. The first-order valence-corrected chi connectivity index (χ1v) is 10.4. The van der Waals surface area contributed by atoms with Crippen molar-refractivity contribution in [3.63, 3.8) is 0 Å². The van der Waals surface area contributed by atoms with Crippen LogP contribution in [0, 0.1) is 0 Å². The molecule has 28 heavy (non-hydrogen) atoms. The Kier molecular flexibility index (Phi) is 7.25. The minimum Gasteiger partial charge on any atom is -0.755 e. The molecule has 9 nitrogen and oxygen atoms in total. The fourth-order valence-electron chi connectivity index (χ4n) is 2.16. The third kappa shape index (κ3) is 5.67. The second kappa shape index (κ2) is 9.87. The molecule has 2 aromatic heterocycles. The van der Waals surface area contributed by atoms with Crippen LogP contribution in [0.15, 0.2) is 51.9 Å². The van der Waals surface area contributed by atoms with Crippen molar-refractivity contribution in [2.75, 3.05) is 17.9 Å².